The van der Waals surface area contributed by atoms with Gasteiger partial charge in [-0.25, -0.2) is 9.48 Å². The molecular weight excluding hydrogens is 266 g/mol. The molecule has 0 unspecified atom stereocenters. The van der Waals surface area contributed by atoms with Gasteiger partial charge in [-0.3, -0.25) is 5.32 Å². The van der Waals surface area contributed by atoms with Gasteiger partial charge in [-0.2, -0.15) is 5.10 Å². The van der Waals surface area contributed by atoms with Crippen LogP contribution in [0.25, 0.3) is 5.69 Å². The van der Waals surface area contributed by atoms with Gasteiger partial charge in [0.15, 0.2) is 0 Å². The SMILES string of the molecule is Cc1c([C@H]2CCCN2)nn(-c2ccccc2)c1NC(N)=O. The molecule has 0 bridgehead atoms. The maximum atomic E-state index is 11.3. The van der Waals surface area contributed by atoms with Crippen molar-refractivity contribution in [3.05, 3.63) is 41.6 Å². The Morgan fingerprint density at radius 3 is 2.81 bits per heavy atom. The quantitative estimate of drug-likeness (QED) is 0.807. The maximum Gasteiger partial charge on any atom is 0.317 e. The number of nitrogens with two attached hydrogens (primary N) is 1. The molecule has 1 aliphatic rings. The number of hydrogen-bond donors (Lipinski definition) is 3. The summed E-state index contributed by atoms with van der Waals surface area (Å²) in [6.07, 6.45) is 2.20. The van der Waals surface area contributed by atoms with Crippen molar-refractivity contribution in [3.63, 3.8) is 0 Å². The topological polar surface area (TPSA) is 85.0 Å². The van der Waals surface area contributed by atoms with Crippen LogP contribution in [0.15, 0.2) is 30.3 Å². The molecule has 1 saturated heterocycles. The third-order valence-corrected chi connectivity index (χ3v) is 3.79. The average molecular weight is 285 g/mol. The lowest BCUT2D eigenvalue weighted by Gasteiger charge is -2.08. The Kier molecular flexibility index (Phi) is 3.62. The van der Waals surface area contributed by atoms with Gasteiger partial charge < -0.3 is 11.1 Å². The zero-order chi connectivity index (χ0) is 14.8. The van der Waals surface area contributed by atoms with E-state index in [4.69, 9.17) is 10.8 Å². The molecule has 1 atom stereocenters. The van der Waals surface area contributed by atoms with Crippen LogP contribution in [-0.4, -0.2) is 22.4 Å². The minimum absolute atomic E-state index is 0.239. The maximum absolute atomic E-state index is 11.3. The first-order chi connectivity index (χ1) is 10.2. The molecule has 2 heterocycles. The zero-order valence-electron chi connectivity index (χ0n) is 12.0. The molecular formula is C15H19N5O. The minimum Gasteiger partial charge on any atom is -0.351 e. The Morgan fingerprint density at radius 1 is 1.43 bits per heavy atom. The van der Waals surface area contributed by atoms with E-state index >= 15 is 0 Å². The van der Waals surface area contributed by atoms with E-state index in [1.807, 2.05) is 37.3 Å². The van der Waals surface area contributed by atoms with Crippen molar-refractivity contribution in [2.75, 3.05) is 11.9 Å². The van der Waals surface area contributed by atoms with Crippen LogP contribution in [0.1, 0.15) is 30.1 Å². The number of amides is 2. The van der Waals surface area contributed by atoms with Gasteiger partial charge in [-0.15, -0.1) is 0 Å². The highest BCUT2D eigenvalue weighted by Crippen LogP contribution is 2.30. The van der Waals surface area contributed by atoms with Crippen molar-refractivity contribution in [1.82, 2.24) is 15.1 Å². The molecule has 21 heavy (non-hydrogen) atoms. The lowest BCUT2D eigenvalue weighted by molar-refractivity contribution is 0.259. The highest BCUT2D eigenvalue weighted by atomic mass is 16.2. The van der Waals surface area contributed by atoms with Gasteiger partial charge in [0.1, 0.15) is 5.82 Å². The molecule has 4 N–H and O–H groups in total. The Balaban J connectivity index is 2.08. The summed E-state index contributed by atoms with van der Waals surface area (Å²) in [6.45, 7) is 2.97. The van der Waals surface area contributed by atoms with Crippen LogP contribution < -0.4 is 16.4 Å². The number of carbonyl (C=O) groups is 1. The number of para-hydroxylation sites is 1. The standard InChI is InChI=1S/C15H19N5O/c1-10-13(12-8-5-9-17-12)19-20(14(10)18-15(16)21)11-6-3-2-4-7-11/h2-4,6-7,12,17H,5,8-9H2,1H3,(H3,16,18,21)/t12-/m1/s1. The summed E-state index contributed by atoms with van der Waals surface area (Å²) >= 11 is 0. The van der Waals surface area contributed by atoms with Crippen LogP contribution in [-0.2, 0) is 0 Å². The summed E-state index contributed by atoms with van der Waals surface area (Å²) in [5, 5.41) is 10.8. The summed E-state index contributed by atoms with van der Waals surface area (Å²) in [4.78, 5) is 11.3. The van der Waals surface area contributed by atoms with Crippen molar-refractivity contribution >= 4 is 11.8 Å². The van der Waals surface area contributed by atoms with Crippen LogP contribution in [0.4, 0.5) is 10.6 Å². The number of carbonyl (C=O) groups excluding carboxylic acids is 1. The van der Waals surface area contributed by atoms with Crippen LogP contribution in [0.3, 0.4) is 0 Å². The molecule has 0 aliphatic carbocycles. The number of aromatic nitrogens is 2. The molecule has 1 aromatic carbocycles. The van der Waals surface area contributed by atoms with Crippen LogP contribution in [0, 0.1) is 6.92 Å². The summed E-state index contributed by atoms with van der Waals surface area (Å²) in [7, 11) is 0. The predicted molar refractivity (Wildman–Crippen MR) is 81.5 cm³/mol. The highest BCUT2D eigenvalue weighted by Gasteiger charge is 2.25. The summed E-state index contributed by atoms with van der Waals surface area (Å²) in [5.41, 5.74) is 8.12. The number of nitrogens with one attached hydrogen (secondary N) is 2. The summed E-state index contributed by atoms with van der Waals surface area (Å²) in [6, 6.07) is 9.38. The third kappa shape index (κ3) is 2.62. The van der Waals surface area contributed by atoms with E-state index in [0.717, 1.165) is 36.3 Å². The zero-order valence-corrected chi connectivity index (χ0v) is 12.0. The largest absolute Gasteiger partial charge is 0.351 e. The fraction of sp³-hybridized carbons (Fsp3) is 0.333. The van der Waals surface area contributed by atoms with E-state index in [0.29, 0.717) is 5.82 Å². The summed E-state index contributed by atoms with van der Waals surface area (Å²) < 4.78 is 1.75. The fourth-order valence-electron chi connectivity index (χ4n) is 2.78. The van der Waals surface area contributed by atoms with Gasteiger partial charge in [0.25, 0.3) is 0 Å². The molecule has 6 heteroatoms. The van der Waals surface area contributed by atoms with Gasteiger partial charge in [0, 0.05) is 5.56 Å². The second-order valence-electron chi connectivity index (χ2n) is 5.24. The Bertz CT molecular complexity index is 644. The number of benzene rings is 1. The molecule has 2 amide bonds. The second kappa shape index (κ2) is 5.57. The minimum atomic E-state index is -0.582. The smallest absolute Gasteiger partial charge is 0.317 e. The molecule has 1 aliphatic heterocycles. The average Bonchev–Trinajstić information content (AvgIpc) is 3.09. The number of rotatable bonds is 3. The predicted octanol–water partition coefficient (Wildman–Crippen LogP) is 2.10. The number of anilines is 1. The van der Waals surface area contributed by atoms with Gasteiger partial charge >= 0.3 is 6.03 Å². The van der Waals surface area contributed by atoms with Crippen molar-refractivity contribution in [2.24, 2.45) is 5.73 Å². The fourth-order valence-corrected chi connectivity index (χ4v) is 2.78. The molecule has 0 spiro atoms. The molecule has 1 aromatic heterocycles. The second-order valence-corrected chi connectivity index (χ2v) is 5.24. The molecule has 110 valence electrons. The number of hydrogen-bond acceptors (Lipinski definition) is 3. The lowest BCUT2D eigenvalue weighted by Crippen LogP contribution is -2.21. The van der Waals surface area contributed by atoms with E-state index in [9.17, 15) is 4.79 Å². The van der Waals surface area contributed by atoms with E-state index in [1.54, 1.807) is 4.68 Å². The van der Waals surface area contributed by atoms with Crippen molar-refractivity contribution in [2.45, 2.75) is 25.8 Å². The molecule has 0 radical (unpaired) electrons. The van der Waals surface area contributed by atoms with E-state index in [-0.39, 0.29) is 6.04 Å². The van der Waals surface area contributed by atoms with Crippen molar-refractivity contribution in [1.29, 1.82) is 0 Å². The van der Waals surface area contributed by atoms with Crippen LogP contribution in [0.5, 0.6) is 0 Å². The van der Waals surface area contributed by atoms with E-state index in [2.05, 4.69) is 10.6 Å². The molecule has 1 fully saturated rings. The molecule has 6 nitrogen and oxygen atoms in total. The van der Waals surface area contributed by atoms with Gasteiger partial charge in [-0.05, 0) is 38.4 Å². The van der Waals surface area contributed by atoms with Crippen LogP contribution in [0.2, 0.25) is 0 Å². The number of urea groups is 1. The van der Waals surface area contributed by atoms with Gasteiger partial charge in [-0.1, -0.05) is 18.2 Å². The highest BCUT2D eigenvalue weighted by molar-refractivity contribution is 5.88. The molecule has 3 rings (SSSR count). The van der Waals surface area contributed by atoms with E-state index < -0.39 is 6.03 Å². The van der Waals surface area contributed by atoms with Gasteiger partial charge in [0.2, 0.25) is 0 Å². The number of nitrogens with zero attached hydrogens (tertiary/aromatic N) is 2. The normalized spacial score (nSPS) is 17.9. The summed E-state index contributed by atoms with van der Waals surface area (Å²) in [5.74, 6) is 0.636. The van der Waals surface area contributed by atoms with Crippen molar-refractivity contribution in [3.8, 4) is 5.69 Å². The third-order valence-electron chi connectivity index (χ3n) is 3.79. The van der Waals surface area contributed by atoms with Crippen molar-refractivity contribution < 1.29 is 4.79 Å². The Labute approximate surface area is 123 Å². The monoisotopic (exact) mass is 285 g/mol. The Hall–Kier alpha value is -2.34. The number of primary amides is 1. The first-order valence-electron chi connectivity index (χ1n) is 7.11. The lowest BCUT2D eigenvalue weighted by atomic mass is 10.1. The van der Waals surface area contributed by atoms with E-state index in [1.165, 1.54) is 0 Å². The Morgan fingerprint density at radius 2 is 2.19 bits per heavy atom. The van der Waals surface area contributed by atoms with Crippen LogP contribution >= 0.6 is 0 Å². The first kappa shape index (κ1) is 13.6. The molecule has 0 saturated carbocycles. The molecule has 2 aromatic rings. The van der Waals surface area contributed by atoms with Gasteiger partial charge in [0.05, 0.1) is 17.4 Å². The first-order valence-corrected chi connectivity index (χ1v) is 7.11.